The fourth-order valence-electron chi connectivity index (χ4n) is 2.35. The van der Waals surface area contributed by atoms with E-state index in [2.05, 4.69) is 5.10 Å². The topological polar surface area (TPSA) is 64.4 Å². The van der Waals surface area contributed by atoms with E-state index in [9.17, 15) is 9.59 Å². The maximum atomic E-state index is 12.3. The summed E-state index contributed by atoms with van der Waals surface area (Å²) in [7, 11) is 1.74. The molecule has 0 bridgehead atoms. The Kier molecular flexibility index (Phi) is 5.16. The van der Waals surface area contributed by atoms with Crippen molar-refractivity contribution < 1.29 is 14.3 Å². The van der Waals surface area contributed by atoms with Gasteiger partial charge in [0.15, 0.2) is 0 Å². The molecule has 0 aliphatic rings. The second-order valence-electron chi connectivity index (χ2n) is 5.20. The quantitative estimate of drug-likeness (QED) is 0.628. The first-order valence-electron chi connectivity index (χ1n) is 7.58. The largest absolute Gasteiger partial charge is 0.423 e. The van der Waals surface area contributed by atoms with Crippen molar-refractivity contribution in [1.82, 2.24) is 14.7 Å². The van der Waals surface area contributed by atoms with E-state index in [0.717, 1.165) is 0 Å². The molecule has 0 N–H and O–H groups in total. The maximum absolute atomic E-state index is 12.3. The first kappa shape index (κ1) is 16.7. The molecule has 2 rings (SSSR count). The molecule has 1 amide bonds. The molecule has 6 nitrogen and oxygen atoms in total. The molecular formula is C17H21N3O3. The SMILES string of the molecule is CCN(CC)C(=O)c1cccc(OC(=O)c2cn(C)nc2C)c1. The van der Waals surface area contributed by atoms with Crippen LogP contribution < -0.4 is 4.74 Å². The van der Waals surface area contributed by atoms with Crippen molar-refractivity contribution in [2.24, 2.45) is 7.05 Å². The monoisotopic (exact) mass is 315 g/mol. The summed E-state index contributed by atoms with van der Waals surface area (Å²) >= 11 is 0. The van der Waals surface area contributed by atoms with E-state index in [-0.39, 0.29) is 5.91 Å². The summed E-state index contributed by atoms with van der Waals surface area (Å²) in [6.07, 6.45) is 1.61. The van der Waals surface area contributed by atoms with Crippen LogP contribution in [0.25, 0.3) is 0 Å². The van der Waals surface area contributed by atoms with Crippen LogP contribution >= 0.6 is 0 Å². The number of benzene rings is 1. The Balaban J connectivity index is 2.18. The number of nitrogens with zero attached hydrogens (tertiary/aromatic N) is 3. The smallest absolute Gasteiger partial charge is 0.347 e. The van der Waals surface area contributed by atoms with Gasteiger partial charge >= 0.3 is 5.97 Å². The molecule has 0 spiro atoms. The molecule has 0 fully saturated rings. The number of rotatable bonds is 5. The highest BCUT2D eigenvalue weighted by Crippen LogP contribution is 2.17. The summed E-state index contributed by atoms with van der Waals surface area (Å²) in [6, 6.07) is 6.66. The van der Waals surface area contributed by atoms with Gasteiger partial charge in [-0.05, 0) is 39.0 Å². The van der Waals surface area contributed by atoms with Gasteiger partial charge in [-0.1, -0.05) is 6.07 Å². The lowest BCUT2D eigenvalue weighted by molar-refractivity contribution is 0.0726. The van der Waals surface area contributed by atoms with Crippen molar-refractivity contribution in [2.45, 2.75) is 20.8 Å². The summed E-state index contributed by atoms with van der Waals surface area (Å²) in [5.74, 6) is -0.218. The predicted octanol–water partition coefficient (Wildman–Crippen LogP) is 2.43. The highest BCUT2D eigenvalue weighted by atomic mass is 16.5. The molecule has 2 aromatic rings. The third kappa shape index (κ3) is 3.77. The number of aryl methyl sites for hydroxylation is 2. The third-order valence-corrected chi connectivity index (χ3v) is 3.58. The Hall–Kier alpha value is -2.63. The Bertz CT molecular complexity index is 718. The van der Waals surface area contributed by atoms with E-state index in [4.69, 9.17) is 4.74 Å². The van der Waals surface area contributed by atoms with E-state index < -0.39 is 5.97 Å². The van der Waals surface area contributed by atoms with E-state index in [1.165, 1.54) is 0 Å². The number of carbonyl (C=O) groups is 2. The molecule has 1 aromatic heterocycles. The fourth-order valence-corrected chi connectivity index (χ4v) is 2.35. The molecule has 122 valence electrons. The first-order valence-corrected chi connectivity index (χ1v) is 7.58. The molecule has 23 heavy (non-hydrogen) atoms. The summed E-state index contributed by atoms with van der Waals surface area (Å²) in [5.41, 5.74) is 1.52. The predicted molar refractivity (Wildman–Crippen MR) is 86.6 cm³/mol. The fraction of sp³-hybridized carbons (Fsp3) is 0.353. The number of esters is 1. The maximum Gasteiger partial charge on any atom is 0.347 e. The van der Waals surface area contributed by atoms with E-state index in [1.807, 2.05) is 13.8 Å². The van der Waals surface area contributed by atoms with Crippen molar-refractivity contribution in [1.29, 1.82) is 0 Å². The zero-order chi connectivity index (χ0) is 17.0. The lowest BCUT2D eigenvalue weighted by Crippen LogP contribution is -2.30. The second kappa shape index (κ2) is 7.09. The number of carbonyl (C=O) groups excluding carboxylic acids is 2. The van der Waals surface area contributed by atoms with Crippen molar-refractivity contribution >= 4 is 11.9 Å². The Morgan fingerprint density at radius 2 is 1.96 bits per heavy atom. The number of hydrogen-bond donors (Lipinski definition) is 0. The van der Waals surface area contributed by atoms with Gasteiger partial charge in [0.2, 0.25) is 0 Å². The average molecular weight is 315 g/mol. The molecule has 1 heterocycles. The lowest BCUT2D eigenvalue weighted by Gasteiger charge is -2.18. The molecule has 0 aliphatic carbocycles. The minimum Gasteiger partial charge on any atom is -0.423 e. The van der Waals surface area contributed by atoms with Gasteiger partial charge in [-0.2, -0.15) is 5.10 Å². The molecule has 0 aliphatic heterocycles. The third-order valence-electron chi connectivity index (χ3n) is 3.58. The van der Waals surface area contributed by atoms with Gasteiger partial charge in [0, 0.05) is 31.9 Å². The van der Waals surface area contributed by atoms with Crippen LogP contribution in [0.3, 0.4) is 0 Å². The van der Waals surface area contributed by atoms with Crippen LogP contribution in [0.5, 0.6) is 5.75 Å². The van der Waals surface area contributed by atoms with Gasteiger partial charge in [0.05, 0.1) is 5.69 Å². The van der Waals surface area contributed by atoms with Crippen molar-refractivity contribution in [3.8, 4) is 5.75 Å². The molecule has 0 saturated carbocycles. The normalized spacial score (nSPS) is 10.4. The lowest BCUT2D eigenvalue weighted by atomic mass is 10.2. The summed E-state index contributed by atoms with van der Waals surface area (Å²) in [5, 5.41) is 4.12. The Morgan fingerprint density at radius 3 is 2.52 bits per heavy atom. The molecule has 1 aromatic carbocycles. The van der Waals surface area contributed by atoms with Gasteiger partial charge in [0.25, 0.3) is 5.91 Å². The van der Waals surface area contributed by atoms with Crippen LogP contribution in [0.2, 0.25) is 0 Å². The molecule has 6 heteroatoms. The molecule has 0 unspecified atom stereocenters. The van der Waals surface area contributed by atoms with Crippen molar-refractivity contribution in [2.75, 3.05) is 13.1 Å². The van der Waals surface area contributed by atoms with E-state index >= 15 is 0 Å². The van der Waals surface area contributed by atoms with Crippen LogP contribution in [-0.4, -0.2) is 39.6 Å². The first-order chi connectivity index (χ1) is 11.0. The number of amides is 1. The van der Waals surface area contributed by atoms with Crippen molar-refractivity contribution in [3.05, 3.63) is 47.3 Å². The minimum atomic E-state index is -0.483. The minimum absolute atomic E-state index is 0.0783. The highest BCUT2D eigenvalue weighted by Gasteiger charge is 2.17. The zero-order valence-corrected chi connectivity index (χ0v) is 13.9. The number of hydrogen-bond acceptors (Lipinski definition) is 4. The molecular weight excluding hydrogens is 294 g/mol. The van der Waals surface area contributed by atoms with Gasteiger partial charge in [-0.25, -0.2) is 4.79 Å². The van der Waals surface area contributed by atoms with Gasteiger partial charge in [-0.15, -0.1) is 0 Å². The molecule has 0 radical (unpaired) electrons. The van der Waals surface area contributed by atoms with E-state index in [0.29, 0.717) is 35.7 Å². The molecule has 0 saturated heterocycles. The van der Waals surface area contributed by atoms with Crippen LogP contribution in [0.1, 0.15) is 40.3 Å². The Morgan fingerprint density at radius 1 is 1.26 bits per heavy atom. The summed E-state index contributed by atoms with van der Waals surface area (Å²) in [4.78, 5) is 26.3. The van der Waals surface area contributed by atoms with Gasteiger partial charge in [-0.3, -0.25) is 9.48 Å². The average Bonchev–Trinajstić information content (AvgIpc) is 2.87. The highest BCUT2D eigenvalue weighted by molar-refractivity contribution is 5.95. The second-order valence-corrected chi connectivity index (χ2v) is 5.20. The zero-order valence-electron chi connectivity index (χ0n) is 13.9. The van der Waals surface area contributed by atoms with Gasteiger partial charge in [0.1, 0.15) is 11.3 Å². The van der Waals surface area contributed by atoms with E-state index in [1.54, 1.807) is 54.0 Å². The van der Waals surface area contributed by atoms with Crippen LogP contribution in [0, 0.1) is 6.92 Å². The standard InChI is InChI=1S/C17H21N3O3/c1-5-20(6-2)16(21)13-8-7-9-14(10-13)23-17(22)15-11-19(4)18-12(15)3/h7-11H,5-6H2,1-4H3. The summed E-state index contributed by atoms with van der Waals surface area (Å²) < 4.78 is 6.93. The van der Waals surface area contributed by atoms with Crippen LogP contribution in [0.4, 0.5) is 0 Å². The Labute approximate surface area is 135 Å². The van der Waals surface area contributed by atoms with Crippen LogP contribution in [-0.2, 0) is 7.05 Å². The summed E-state index contributed by atoms with van der Waals surface area (Å²) in [6.45, 7) is 6.87. The number of aromatic nitrogens is 2. The van der Waals surface area contributed by atoms with Gasteiger partial charge < -0.3 is 9.64 Å². The van der Waals surface area contributed by atoms with Crippen LogP contribution in [0.15, 0.2) is 30.5 Å². The number of ether oxygens (including phenoxy) is 1. The molecule has 0 atom stereocenters. The van der Waals surface area contributed by atoms with Crippen molar-refractivity contribution in [3.63, 3.8) is 0 Å².